The lowest BCUT2D eigenvalue weighted by Gasteiger charge is -2.28. The highest BCUT2D eigenvalue weighted by molar-refractivity contribution is 5.58. The average molecular weight is 284 g/mol. The van der Waals surface area contributed by atoms with Crippen molar-refractivity contribution < 1.29 is 4.74 Å². The Kier molecular flexibility index (Phi) is 4.73. The van der Waals surface area contributed by atoms with Gasteiger partial charge in [-0.3, -0.25) is 0 Å². The molecule has 1 unspecified atom stereocenters. The van der Waals surface area contributed by atoms with E-state index in [4.69, 9.17) is 10.5 Å². The van der Waals surface area contributed by atoms with Crippen molar-refractivity contribution >= 4 is 11.4 Å². The number of nitrogen functional groups attached to an aromatic ring is 1. The standard InChI is InChI=1S/C18H24N2O/c1-13-11-16(9-10-17(13)19)20(3)14(2)12-15-7-5-6-8-18(15)21-4/h5-11,14H,12,19H2,1-4H3. The average Bonchev–Trinajstić information content (AvgIpc) is 2.49. The molecule has 1 atom stereocenters. The summed E-state index contributed by atoms with van der Waals surface area (Å²) in [5.41, 5.74) is 10.3. The normalized spacial score (nSPS) is 12.0. The SMILES string of the molecule is COc1ccccc1CC(C)N(C)c1ccc(N)c(C)c1. The Balaban J connectivity index is 2.15. The van der Waals surface area contributed by atoms with Gasteiger partial charge in [0.05, 0.1) is 7.11 Å². The second kappa shape index (κ2) is 6.53. The van der Waals surface area contributed by atoms with E-state index in [9.17, 15) is 0 Å². The van der Waals surface area contributed by atoms with Gasteiger partial charge in [-0.25, -0.2) is 0 Å². The van der Waals surface area contributed by atoms with Crippen LogP contribution in [0.3, 0.4) is 0 Å². The molecular formula is C18H24N2O. The van der Waals surface area contributed by atoms with Crippen LogP contribution in [0.25, 0.3) is 0 Å². The van der Waals surface area contributed by atoms with Gasteiger partial charge in [0, 0.05) is 24.5 Å². The number of hydrogen-bond acceptors (Lipinski definition) is 3. The zero-order valence-corrected chi connectivity index (χ0v) is 13.3. The number of hydrogen-bond donors (Lipinski definition) is 1. The van der Waals surface area contributed by atoms with Gasteiger partial charge in [-0.05, 0) is 55.7 Å². The predicted octanol–water partition coefficient (Wildman–Crippen LogP) is 3.65. The highest BCUT2D eigenvalue weighted by Gasteiger charge is 2.13. The fourth-order valence-electron chi connectivity index (χ4n) is 2.46. The van der Waals surface area contributed by atoms with Crippen LogP contribution in [0.5, 0.6) is 5.75 Å². The van der Waals surface area contributed by atoms with Crippen molar-refractivity contribution in [3.8, 4) is 5.75 Å². The molecule has 2 N–H and O–H groups in total. The molecule has 21 heavy (non-hydrogen) atoms. The van der Waals surface area contributed by atoms with Crippen LogP contribution in [0.4, 0.5) is 11.4 Å². The van der Waals surface area contributed by atoms with Gasteiger partial charge in [0.1, 0.15) is 5.75 Å². The van der Waals surface area contributed by atoms with E-state index in [1.165, 1.54) is 11.3 Å². The van der Waals surface area contributed by atoms with Gasteiger partial charge in [-0.15, -0.1) is 0 Å². The minimum Gasteiger partial charge on any atom is -0.496 e. The maximum absolute atomic E-state index is 5.89. The van der Waals surface area contributed by atoms with Crippen molar-refractivity contribution in [3.63, 3.8) is 0 Å². The van der Waals surface area contributed by atoms with Crippen molar-refractivity contribution in [1.82, 2.24) is 0 Å². The second-order valence-electron chi connectivity index (χ2n) is 5.52. The molecule has 112 valence electrons. The summed E-state index contributed by atoms with van der Waals surface area (Å²) in [5, 5.41) is 0. The Morgan fingerprint density at radius 1 is 1.19 bits per heavy atom. The van der Waals surface area contributed by atoms with Gasteiger partial charge >= 0.3 is 0 Å². The predicted molar refractivity (Wildman–Crippen MR) is 90.2 cm³/mol. The van der Waals surface area contributed by atoms with Gasteiger partial charge in [0.15, 0.2) is 0 Å². The summed E-state index contributed by atoms with van der Waals surface area (Å²) in [6.07, 6.45) is 0.934. The Morgan fingerprint density at radius 3 is 2.57 bits per heavy atom. The largest absolute Gasteiger partial charge is 0.496 e. The smallest absolute Gasteiger partial charge is 0.122 e. The van der Waals surface area contributed by atoms with Gasteiger partial charge in [0.2, 0.25) is 0 Å². The third-order valence-corrected chi connectivity index (χ3v) is 4.03. The van der Waals surface area contributed by atoms with Gasteiger partial charge in [-0.1, -0.05) is 18.2 Å². The van der Waals surface area contributed by atoms with E-state index in [0.29, 0.717) is 6.04 Å². The van der Waals surface area contributed by atoms with E-state index in [2.05, 4.69) is 43.1 Å². The molecule has 0 aliphatic carbocycles. The molecule has 0 amide bonds. The maximum atomic E-state index is 5.89. The number of benzene rings is 2. The van der Waals surface area contributed by atoms with Crippen molar-refractivity contribution in [2.45, 2.75) is 26.3 Å². The third-order valence-electron chi connectivity index (χ3n) is 4.03. The first-order valence-electron chi connectivity index (χ1n) is 7.23. The zero-order valence-electron chi connectivity index (χ0n) is 13.3. The fraction of sp³-hybridized carbons (Fsp3) is 0.333. The highest BCUT2D eigenvalue weighted by Crippen LogP contribution is 2.24. The fourth-order valence-corrected chi connectivity index (χ4v) is 2.46. The molecular weight excluding hydrogens is 260 g/mol. The van der Waals surface area contributed by atoms with Gasteiger partial charge in [0.25, 0.3) is 0 Å². The quantitative estimate of drug-likeness (QED) is 0.852. The first-order chi connectivity index (χ1) is 10.0. The van der Waals surface area contributed by atoms with Crippen LogP contribution in [-0.4, -0.2) is 20.2 Å². The maximum Gasteiger partial charge on any atom is 0.122 e. The van der Waals surface area contributed by atoms with Crippen LogP contribution in [-0.2, 0) is 6.42 Å². The first-order valence-corrected chi connectivity index (χ1v) is 7.23. The number of para-hydroxylation sites is 1. The minimum atomic E-state index is 0.365. The summed E-state index contributed by atoms with van der Waals surface area (Å²) in [6.45, 7) is 4.26. The first kappa shape index (κ1) is 15.2. The Hall–Kier alpha value is -2.16. The summed E-state index contributed by atoms with van der Waals surface area (Å²) < 4.78 is 5.43. The number of likely N-dealkylation sites (N-methyl/N-ethyl adjacent to an activating group) is 1. The van der Waals surface area contributed by atoms with Crippen LogP contribution >= 0.6 is 0 Å². The number of aryl methyl sites for hydroxylation is 1. The van der Waals surface area contributed by atoms with Crippen LogP contribution in [0, 0.1) is 6.92 Å². The van der Waals surface area contributed by atoms with Crippen molar-refractivity contribution in [2.24, 2.45) is 0 Å². The number of nitrogens with zero attached hydrogens (tertiary/aromatic N) is 1. The van der Waals surface area contributed by atoms with Crippen LogP contribution in [0.2, 0.25) is 0 Å². The molecule has 0 saturated heterocycles. The lowest BCUT2D eigenvalue weighted by atomic mass is 10.0. The van der Waals surface area contributed by atoms with E-state index >= 15 is 0 Å². The summed E-state index contributed by atoms with van der Waals surface area (Å²) in [4.78, 5) is 2.28. The van der Waals surface area contributed by atoms with Crippen LogP contribution in [0.1, 0.15) is 18.1 Å². The van der Waals surface area contributed by atoms with E-state index in [1.54, 1.807) is 7.11 Å². The summed E-state index contributed by atoms with van der Waals surface area (Å²) in [6, 6.07) is 14.7. The van der Waals surface area contributed by atoms with E-state index in [-0.39, 0.29) is 0 Å². The summed E-state index contributed by atoms with van der Waals surface area (Å²) in [7, 11) is 3.83. The minimum absolute atomic E-state index is 0.365. The van der Waals surface area contributed by atoms with Crippen molar-refractivity contribution in [1.29, 1.82) is 0 Å². The van der Waals surface area contributed by atoms with E-state index < -0.39 is 0 Å². The monoisotopic (exact) mass is 284 g/mol. The molecule has 0 aromatic heterocycles. The number of nitrogens with two attached hydrogens (primary N) is 1. The van der Waals surface area contributed by atoms with Gasteiger partial charge in [-0.2, -0.15) is 0 Å². The molecule has 0 spiro atoms. The van der Waals surface area contributed by atoms with E-state index in [0.717, 1.165) is 23.4 Å². The Bertz CT molecular complexity index is 610. The third kappa shape index (κ3) is 3.48. The topological polar surface area (TPSA) is 38.5 Å². The molecule has 2 aromatic rings. The summed E-state index contributed by atoms with van der Waals surface area (Å²) in [5.74, 6) is 0.950. The van der Waals surface area contributed by atoms with Crippen molar-refractivity contribution in [3.05, 3.63) is 53.6 Å². The summed E-state index contributed by atoms with van der Waals surface area (Å²) >= 11 is 0. The molecule has 2 aromatic carbocycles. The molecule has 0 aliphatic heterocycles. The molecule has 0 heterocycles. The number of anilines is 2. The molecule has 0 bridgehead atoms. The van der Waals surface area contributed by atoms with Crippen LogP contribution in [0.15, 0.2) is 42.5 Å². The molecule has 3 heteroatoms. The molecule has 0 radical (unpaired) electrons. The molecule has 0 fully saturated rings. The lowest BCUT2D eigenvalue weighted by molar-refractivity contribution is 0.408. The highest BCUT2D eigenvalue weighted by atomic mass is 16.5. The lowest BCUT2D eigenvalue weighted by Crippen LogP contribution is -2.30. The van der Waals surface area contributed by atoms with E-state index in [1.807, 2.05) is 25.1 Å². The zero-order chi connectivity index (χ0) is 15.4. The van der Waals surface area contributed by atoms with Gasteiger partial charge < -0.3 is 15.4 Å². The Labute approximate surface area is 127 Å². The Morgan fingerprint density at radius 2 is 1.90 bits per heavy atom. The molecule has 0 saturated carbocycles. The number of ether oxygens (including phenoxy) is 1. The van der Waals surface area contributed by atoms with Crippen LogP contribution < -0.4 is 15.4 Å². The molecule has 3 nitrogen and oxygen atoms in total. The number of methoxy groups -OCH3 is 1. The second-order valence-corrected chi connectivity index (χ2v) is 5.52. The molecule has 2 rings (SSSR count). The van der Waals surface area contributed by atoms with Crippen molar-refractivity contribution in [2.75, 3.05) is 24.8 Å². The molecule has 0 aliphatic rings. The number of rotatable bonds is 5.